The van der Waals surface area contributed by atoms with E-state index in [2.05, 4.69) is 28.7 Å². The predicted molar refractivity (Wildman–Crippen MR) is 81.5 cm³/mol. The summed E-state index contributed by atoms with van der Waals surface area (Å²) >= 11 is 0. The van der Waals surface area contributed by atoms with Gasteiger partial charge in [-0.3, -0.25) is 0 Å². The monoisotopic (exact) mass is 283 g/mol. The van der Waals surface area contributed by atoms with Crippen LogP contribution in [0.2, 0.25) is 0 Å². The van der Waals surface area contributed by atoms with Gasteiger partial charge in [0.2, 0.25) is 0 Å². The zero-order chi connectivity index (χ0) is 14.6. The fraction of sp³-hybridized carbons (Fsp3) is 0.353. The minimum absolute atomic E-state index is 0.343. The molecule has 0 aromatic heterocycles. The van der Waals surface area contributed by atoms with Crippen molar-refractivity contribution in [2.75, 3.05) is 39.6 Å². The fourth-order valence-corrected chi connectivity index (χ4v) is 1.54. The van der Waals surface area contributed by atoms with E-state index in [4.69, 9.17) is 14.2 Å². The van der Waals surface area contributed by atoms with Crippen molar-refractivity contribution in [2.24, 2.45) is 4.99 Å². The summed E-state index contributed by atoms with van der Waals surface area (Å²) in [7, 11) is 0. The van der Waals surface area contributed by atoms with Crippen molar-refractivity contribution >= 4 is 11.4 Å². The molecule has 1 aromatic carbocycles. The summed E-state index contributed by atoms with van der Waals surface area (Å²) in [6.45, 7) is 2.81. The van der Waals surface area contributed by atoms with Crippen LogP contribution in [0.3, 0.4) is 0 Å². The van der Waals surface area contributed by atoms with Crippen molar-refractivity contribution in [1.82, 2.24) is 0 Å². The Kier molecular flexibility index (Phi) is 7.09. The Bertz CT molecular complexity index is 543. The second-order valence-corrected chi connectivity index (χ2v) is 4.12. The summed E-state index contributed by atoms with van der Waals surface area (Å²) in [5.74, 6) is 11.7. The molecule has 0 spiro atoms. The summed E-state index contributed by atoms with van der Waals surface area (Å²) in [6, 6.07) is 9.61. The number of rotatable bonds is 1. The summed E-state index contributed by atoms with van der Waals surface area (Å²) in [5, 5.41) is 0. The third-order valence-corrected chi connectivity index (χ3v) is 2.50. The lowest BCUT2D eigenvalue weighted by atomic mass is 10.3. The minimum atomic E-state index is 0.343. The van der Waals surface area contributed by atoms with Gasteiger partial charge < -0.3 is 14.2 Å². The normalized spacial score (nSPS) is 16.7. The van der Waals surface area contributed by atoms with E-state index in [1.54, 1.807) is 0 Å². The lowest BCUT2D eigenvalue weighted by Crippen LogP contribution is -2.10. The van der Waals surface area contributed by atoms with Crippen LogP contribution in [0.25, 0.3) is 0 Å². The zero-order valence-electron chi connectivity index (χ0n) is 11.8. The van der Waals surface area contributed by atoms with Gasteiger partial charge >= 0.3 is 0 Å². The molecule has 1 aliphatic rings. The Morgan fingerprint density at radius 3 is 1.95 bits per heavy atom. The smallest absolute Gasteiger partial charge is 0.164 e. The highest BCUT2D eigenvalue weighted by atomic mass is 16.5. The van der Waals surface area contributed by atoms with Gasteiger partial charge in [0, 0.05) is 0 Å². The molecule has 0 saturated heterocycles. The fourth-order valence-electron chi connectivity index (χ4n) is 1.54. The van der Waals surface area contributed by atoms with Gasteiger partial charge in [0.25, 0.3) is 0 Å². The van der Waals surface area contributed by atoms with Gasteiger partial charge in [-0.15, -0.1) is 0 Å². The first-order chi connectivity index (χ1) is 10.4. The van der Waals surface area contributed by atoms with E-state index in [1.807, 2.05) is 30.3 Å². The number of hydrogen-bond acceptors (Lipinski definition) is 4. The molecular formula is C17H17NO3. The number of aliphatic imine (C=N–C) groups is 1. The van der Waals surface area contributed by atoms with E-state index < -0.39 is 0 Å². The molecule has 1 aliphatic heterocycles. The maximum atomic E-state index is 5.33. The van der Waals surface area contributed by atoms with E-state index in [0.29, 0.717) is 45.4 Å². The predicted octanol–water partition coefficient (Wildman–Crippen LogP) is 1.83. The SMILES string of the molecule is C1#CC(=Nc2ccccc2)C#CCOCCOCCOC1. The average Bonchev–Trinajstić information content (AvgIpc) is 2.52. The summed E-state index contributed by atoms with van der Waals surface area (Å²) < 4.78 is 16.0. The first-order valence-electron chi connectivity index (χ1n) is 6.80. The largest absolute Gasteiger partial charge is 0.377 e. The minimum Gasteiger partial charge on any atom is -0.377 e. The van der Waals surface area contributed by atoms with Gasteiger partial charge in [-0.1, -0.05) is 30.0 Å². The van der Waals surface area contributed by atoms with E-state index in [-0.39, 0.29) is 0 Å². The highest BCUT2D eigenvalue weighted by molar-refractivity contribution is 6.14. The molecule has 0 bridgehead atoms. The van der Waals surface area contributed by atoms with Crippen LogP contribution >= 0.6 is 0 Å². The van der Waals surface area contributed by atoms with E-state index >= 15 is 0 Å². The summed E-state index contributed by atoms with van der Waals surface area (Å²) in [4.78, 5) is 4.42. The van der Waals surface area contributed by atoms with Crippen molar-refractivity contribution in [3.05, 3.63) is 30.3 Å². The summed E-state index contributed by atoms with van der Waals surface area (Å²) in [6.07, 6.45) is 0. The maximum absolute atomic E-state index is 5.33. The van der Waals surface area contributed by atoms with Crippen LogP contribution in [-0.4, -0.2) is 45.4 Å². The molecule has 0 atom stereocenters. The van der Waals surface area contributed by atoms with Gasteiger partial charge in [-0.2, -0.15) is 0 Å². The van der Waals surface area contributed by atoms with Crippen molar-refractivity contribution in [2.45, 2.75) is 0 Å². The lowest BCUT2D eigenvalue weighted by Gasteiger charge is -2.03. The maximum Gasteiger partial charge on any atom is 0.164 e. The van der Waals surface area contributed by atoms with E-state index in [1.165, 1.54) is 0 Å². The molecule has 0 saturated carbocycles. The Balaban J connectivity index is 2.09. The second-order valence-electron chi connectivity index (χ2n) is 4.12. The van der Waals surface area contributed by atoms with Gasteiger partial charge in [-0.25, -0.2) is 4.99 Å². The van der Waals surface area contributed by atoms with Crippen LogP contribution in [-0.2, 0) is 14.2 Å². The Hall–Kier alpha value is -2.11. The van der Waals surface area contributed by atoms with Crippen LogP contribution in [0.5, 0.6) is 0 Å². The molecule has 0 radical (unpaired) electrons. The first kappa shape index (κ1) is 15.3. The van der Waals surface area contributed by atoms with Crippen molar-refractivity contribution in [3.63, 3.8) is 0 Å². The van der Waals surface area contributed by atoms with Crippen molar-refractivity contribution < 1.29 is 14.2 Å². The molecule has 0 unspecified atom stereocenters. The quantitative estimate of drug-likeness (QED) is 0.738. The third-order valence-electron chi connectivity index (χ3n) is 2.50. The molecule has 0 fully saturated rings. The molecule has 1 heterocycles. The molecule has 2 rings (SSSR count). The van der Waals surface area contributed by atoms with Crippen molar-refractivity contribution in [1.29, 1.82) is 0 Å². The molecule has 21 heavy (non-hydrogen) atoms. The number of benzene rings is 1. The molecule has 1 aromatic rings. The Morgan fingerprint density at radius 2 is 1.33 bits per heavy atom. The summed E-state index contributed by atoms with van der Waals surface area (Å²) in [5.41, 5.74) is 1.34. The van der Waals surface area contributed by atoms with Gasteiger partial charge in [0.15, 0.2) is 5.71 Å². The van der Waals surface area contributed by atoms with Crippen LogP contribution in [0.15, 0.2) is 35.3 Å². The topological polar surface area (TPSA) is 40.0 Å². The lowest BCUT2D eigenvalue weighted by molar-refractivity contribution is 0.0270. The number of hydrogen-bond donors (Lipinski definition) is 0. The number of nitrogens with zero attached hydrogens (tertiary/aromatic N) is 1. The molecule has 4 nitrogen and oxygen atoms in total. The van der Waals surface area contributed by atoms with Crippen LogP contribution in [0.1, 0.15) is 0 Å². The number of para-hydroxylation sites is 1. The highest BCUT2D eigenvalue weighted by Gasteiger charge is 1.93. The number of ether oxygens (including phenoxy) is 3. The van der Waals surface area contributed by atoms with Crippen LogP contribution < -0.4 is 0 Å². The van der Waals surface area contributed by atoms with Crippen LogP contribution in [0, 0.1) is 23.7 Å². The van der Waals surface area contributed by atoms with Gasteiger partial charge in [-0.05, 0) is 24.0 Å². The second kappa shape index (κ2) is 9.74. The third kappa shape index (κ3) is 6.74. The molecule has 0 aliphatic carbocycles. The molecule has 108 valence electrons. The van der Waals surface area contributed by atoms with E-state index in [0.717, 1.165) is 5.69 Å². The molecule has 0 N–H and O–H groups in total. The van der Waals surface area contributed by atoms with Gasteiger partial charge in [0.1, 0.15) is 13.2 Å². The van der Waals surface area contributed by atoms with Gasteiger partial charge in [0.05, 0.1) is 32.1 Å². The van der Waals surface area contributed by atoms with Crippen molar-refractivity contribution in [3.8, 4) is 23.7 Å². The Morgan fingerprint density at radius 1 is 0.762 bits per heavy atom. The molecule has 4 heteroatoms. The first-order valence-corrected chi connectivity index (χ1v) is 6.80. The van der Waals surface area contributed by atoms with Crippen LogP contribution in [0.4, 0.5) is 5.69 Å². The highest BCUT2D eigenvalue weighted by Crippen LogP contribution is 2.09. The molecule has 0 amide bonds. The van der Waals surface area contributed by atoms with E-state index in [9.17, 15) is 0 Å². The Labute approximate surface area is 125 Å². The zero-order valence-corrected chi connectivity index (χ0v) is 11.8. The standard InChI is InChI=1S/C17H17NO3/c1-2-6-16(7-3-1)18-17-8-4-10-19-12-14-21-15-13-20-11-5-9-17/h1-3,6-7H,10-15H2. The average molecular weight is 283 g/mol. The molecular weight excluding hydrogens is 266 g/mol.